The van der Waals surface area contributed by atoms with Crippen molar-refractivity contribution < 1.29 is 20.1 Å². The molecular weight excluding hydrogens is 372 g/mol. The average molecular weight is 392 g/mol. The maximum absolute atomic E-state index is 10.4. The predicted molar refractivity (Wildman–Crippen MR) is 99.3 cm³/mol. The molecule has 4 rings (SSSR count). The highest BCUT2D eigenvalue weighted by Gasteiger charge is 2.45. The number of nitrogens with one attached hydrogen (secondary N) is 1. The Bertz CT molecular complexity index is 917. The van der Waals surface area contributed by atoms with Crippen molar-refractivity contribution in [3.05, 3.63) is 28.7 Å². The molecule has 0 spiro atoms. The van der Waals surface area contributed by atoms with Crippen LogP contribution in [0.25, 0.3) is 11.2 Å². The number of imidazole rings is 1. The van der Waals surface area contributed by atoms with Crippen LogP contribution < -0.4 is 11.1 Å². The molecular formula is C16H20N6O4S. The summed E-state index contributed by atoms with van der Waals surface area (Å²) in [6.07, 6.45) is -2.27. The number of ether oxygens (including phenoxy) is 1. The second-order valence-electron chi connectivity index (χ2n) is 6.22. The van der Waals surface area contributed by atoms with E-state index in [-0.39, 0.29) is 5.82 Å². The van der Waals surface area contributed by atoms with E-state index in [9.17, 15) is 15.3 Å². The number of aliphatic hydroxyl groups is 3. The van der Waals surface area contributed by atoms with Crippen LogP contribution in [0, 0.1) is 0 Å². The molecule has 144 valence electrons. The number of aromatic nitrogens is 4. The van der Waals surface area contributed by atoms with Crippen molar-refractivity contribution in [1.29, 1.82) is 0 Å². The largest absolute Gasteiger partial charge is 0.394 e. The van der Waals surface area contributed by atoms with Gasteiger partial charge in [0.15, 0.2) is 23.2 Å². The van der Waals surface area contributed by atoms with Crippen molar-refractivity contribution in [3.8, 4) is 0 Å². The Balaban J connectivity index is 1.68. The van der Waals surface area contributed by atoms with Gasteiger partial charge in [-0.1, -0.05) is 6.07 Å². The highest BCUT2D eigenvalue weighted by molar-refractivity contribution is 7.09. The molecule has 1 fully saturated rings. The molecule has 11 heteroatoms. The van der Waals surface area contributed by atoms with Gasteiger partial charge in [0, 0.05) is 11.4 Å². The van der Waals surface area contributed by atoms with E-state index in [2.05, 4.69) is 20.3 Å². The molecule has 27 heavy (non-hydrogen) atoms. The number of rotatable bonds is 6. The zero-order valence-electron chi connectivity index (χ0n) is 14.3. The Morgan fingerprint density at radius 2 is 2.15 bits per heavy atom. The van der Waals surface area contributed by atoms with Crippen molar-refractivity contribution in [2.24, 2.45) is 0 Å². The van der Waals surface area contributed by atoms with E-state index in [1.165, 1.54) is 11.2 Å². The Morgan fingerprint density at radius 3 is 2.85 bits per heavy atom. The van der Waals surface area contributed by atoms with E-state index < -0.39 is 31.1 Å². The van der Waals surface area contributed by atoms with Crippen LogP contribution in [0.4, 0.5) is 11.8 Å². The lowest BCUT2D eigenvalue weighted by Crippen LogP contribution is -2.33. The lowest BCUT2D eigenvalue weighted by Gasteiger charge is -2.19. The number of hydrogen-bond acceptors (Lipinski definition) is 10. The van der Waals surface area contributed by atoms with E-state index >= 15 is 0 Å². The predicted octanol–water partition coefficient (Wildman–Crippen LogP) is -0.264. The van der Waals surface area contributed by atoms with Gasteiger partial charge in [0.05, 0.1) is 6.61 Å². The maximum atomic E-state index is 10.4. The van der Waals surface area contributed by atoms with Crippen LogP contribution in [-0.2, 0) is 11.2 Å². The van der Waals surface area contributed by atoms with Crippen molar-refractivity contribution in [2.75, 3.05) is 24.2 Å². The first-order valence-electron chi connectivity index (χ1n) is 8.47. The van der Waals surface area contributed by atoms with E-state index in [4.69, 9.17) is 10.5 Å². The highest BCUT2D eigenvalue weighted by Crippen LogP contribution is 2.35. The smallest absolute Gasteiger partial charge is 0.207 e. The van der Waals surface area contributed by atoms with Crippen LogP contribution in [0.5, 0.6) is 0 Å². The zero-order valence-corrected chi connectivity index (χ0v) is 15.1. The summed E-state index contributed by atoms with van der Waals surface area (Å²) in [4.78, 5) is 13.8. The Morgan fingerprint density at radius 1 is 1.30 bits per heavy atom. The Kier molecular flexibility index (Phi) is 4.93. The Hall–Kier alpha value is -2.31. The second kappa shape index (κ2) is 7.37. The SMILES string of the molecule is Nc1ncnc2c1nc(NCCc1cccs1)n2[C@@H]1O[C@H](CO)[C@@H](O)[C@H]1O. The molecule has 0 bridgehead atoms. The maximum Gasteiger partial charge on any atom is 0.207 e. The minimum absolute atomic E-state index is 0.201. The van der Waals surface area contributed by atoms with Gasteiger partial charge in [0.2, 0.25) is 5.95 Å². The molecule has 0 unspecified atom stereocenters. The van der Waals surface area contributed by atoms with Crippen molar-refractivity contribution in [3.63, 3.8) is 0 Å². The molecule has 0 saturated carbocycles. The third-order valence-corrected chi connectivity index (χ3v) is 5.45. The van der Waals surface area contributed by atoms with Gasteiger partial charge in [0.1, 0.15) is 24.6 Å². The fourth-order valence-corrected chi connectivity index (χ4v) is 3.85. The summed E-state index contributed by atoms with van der Waals surface area (Å²) in [6, 6.07) is 4.04. The number of fused-ring (bicyclic) bond motifs is 1. The molecule has 0 radical (unpaired) electrons. The van der Waals surface area contributed by atoms with Gasteiger partial charge in [-0.3, -0.25) is 4.57 Å². The van der Waals surface area contributed by atoms with Gasteiger partial charge in [0.25, 0.3) is 0 Å². The summed E-state index contributed by atoms with van der Waals surface area (Å²) < 4.78 is 7.20. The van der Waals surface area contributed by atoms with Crippen LogP contribution in [0.1, 0.15) is 11.1 Å². The minimum atomic E-state index is -1.26. The van der Waals surface area contributed by atoms with Gasteiger partial charge in [-0.15, -0.1) is 11.3 Å². The molecule has 3 aromatic rings. The molecule has 4 heterocycles. The summed E-state index contributed by atoms with van der Waals surface area (Å²) in [5, 5.41) is 35.1. The third-order valence-electron chi connectivity index (χ3n) is 4.51. The molecule has 4 atom stereocenters. The summed E-state index contributed by atoms with van der Waals surface area (Å²) in [6.45, 7) is 0.172. The van der Waals surface area contributed by atoms with Gasteiger partial charge in [-0.25, -0.2) is 15.0 Å². The zero-order chi connectivity index (χ0) is 19.0. The molecule has 10 nitrogen and oxygen atoms in total. The summed E-state index contributed by atoms with van der Waals surface area (Å²) in [5.74, 6) is 0.593. The monoisotopic (exact) mass is 392 g/mol. The first-order chi connectivity index (χ1) is 13.1. The first kappa shape index (κ1) is 18.1. The summed E-state index contributed by atoms with van der Waals surface area (Å²) in [7, 11) is 0. The summed E-state index contributed by atoms with van der Waals surface area (Å²) >= 11 is 1.66. The fraction of sp³-hybridized carbons (Fsp3) is 0.438. The minimum Gasteiger partial charge on any atom is -0.394 e. The topological polar surface area (TPSA) is 152 Å². The van der Waals surface area contributed by atoms with Gasteiger partial charge < -0.3 is 31.1 Å². The van der Waals surface area contributed by atoms with Crippen LogP contribution >= 0.6 is 11.3 Å². The van der Waals surface area contributed by atoms with Crippen LogP contribution in [0.2, 0.25) is 0 Å². The summed E-state index contributed by atoms with van der Waals surface area (Å²) in [5.41, 5.74) is 6.65. The molecule has 1 aliphatic heterocycles. The third kappa shape index (κ3) is 3.24. The molecule has 0 aromatic carbocycles. The number of nitrogens with two attached hydrogens (primary N) is 1. The van der Waals surface area contributed by atoms with Crippen LogP contribution in [0.15, 0.2) is 23.8 Å². The average Bonchev–Trinajstić information content (AvgIpc) is 3.36. The standard InChI is InChI=1S/C16H20N6O4S/c17-13-10-14(20-7-19-13)22(15-12(25)11(24)9(6-23)26-15)16(21-10)18-4-3-8-2-1-5-27-8/h1-2,5,7,9,11-12,15,23-25H,3-4,6H2,(H,18,21)(H2,17,19,20)/t9-,11-,12-,15-/m1/s1. The quantitative estimate of drug-likeness (QED) is 0.382. The number of aliphatic hydroxyl groups excluding tert-OH is 3. The van der Waals surface area contributed by atoms with Gasteiger partial charge in [-0.2, -0.15) is 0 Å². The van der Waals surface area contributed by atoms with E-state index in [0.29, 0.717) is 23.7 Å². The number of anilines is 2. The molecule has 0 amide bonds. The van der Waals surface area contributed by atoms with Crippen LogP contribution in [-0.4, -0.2) is 66.3 Å². The second-order valence-corrected chi connectivity index (χ2v) is 7.25. The molecule has 0 aliphatic carbocycles. The fourth-order valence-electron chi connectivity index (χ4n) is 3.14. The highest BCUT2D eigenvalue weighted by atomic mass is 32.1. The normalized spacial score (nSPS) is 25.3. The number of nitrogen functional groups attached to an aromatic ring is 1. The Labute approximate surface area is 158 Å². The first-order valence-corrected chi connectivity index (χ1v) is 9.35. The molecule has 3 aromatic heterocycles. The lowest BCUT2D eigenvalue weighted by molar-refractivity contribution is -0.0501. The van der Waals surface area contributed by atoms with Crippen molar-refractivity contribution in [1.82, 2.24) is 19.5 Å². The lowest BCUT2D eigenvalue weighted by atomic mass is 10.1. The number of hydrogen-bond donors (Lipinski definition) is 5. The van der Waals surface area contributed by atoms with Crippen molar-refractivity contribution in [2.45, 2.75) is 31.0 Å². The number of thiophene rings is 1. The molecule has 6 N–H and O–H groups in total. The van der Waals surface area contributed by atoms with E-state index in [1.807, 2.05) is 17.5 Å². The van der Waals surface area contributed by atoms with Gasteiger partial charge in [-0.05, 0) is 17.9 Å². The molecule has 1 saturated heterocycles. The van der Waals surface area contributed by atoms with E-state index in [1.54, 1.807) is 15.9 Å². The molecule has 1 aliphatic rings. The van der Waals surface area contributed by atoms with Crippen molar-refractivity contribution >= 4 is 34.3 Å². The van der Waals surface area contributed by atoms with E-state index in [0.717, 1.165) is 6.42 Å². The number of nitrogens with zero attached hydrogens (tertiary/aromatic N) is 4. The van der Waals surface area contributed by atoms with Crippen LogP contribution in [0.3, 0.4) is 0 Å². The van der Waals surface area contributed by atoms with Gasteiger partial charge >= 0.3 is 0 Å².